The second-order valence-corrected chi connectivity index (χ2v) is 10.3. The maximum absolute atomic E-state index is 14.5. The van der Waals surface area contributed by atoms with Gasteiger partial charge >= 0.3 is 0 Å². The highest BCUT2D eigenvalue weighted by Crippen LogP contribution is 2.68. The molecule has 1 fully saturated rings. The van der Waals surface area contributed by atoms with Crippen LogP contribution < -0.4 is 0 Å². The molecule has 37 heavy (non-hydrogen) atoms. The van der Waals surface area contributed by atoms with Crippen LogP contribution in [0.3, 0.4) is 0 Å². The summed E-state index contributed by atoms with van der Waals surface area (Å²) in [7, 11) is 0. The third-order valence-electron chi connectivity index (χ3n) is 8.30. The molecule has 2 N–H and O–H groups in total. The summed E-state index contributed by atoms with van der Waals surface area (Å²) in [4.78, 5) is 15.2. The summed E-state index contributed by atoms with van der Waals surface area (Å²) in [5.74, 6) is -1.02. The number of halogens is 2. The predicted molar refractivity (Wildman–Crippen MR) is 131 cm³/mol. The molecule has 0 spiro atoms. The van der Waals surface area contributed by atoms with E-state index in [1.165, 1.54) is 18.2 Å². The van der Waals surface area contributed by atoms with Crippen molar-refractivity contribution in [3.05, 3.63) is 83.3 Å². The van der Waals surface area contributed by atoms with Gasteiger partial charge in [-0.15, -0.1) is 5.10 Å². The molecule has 8 nitrogen and oxygen atoms in total. The van der Waals surface area contributed by atoms with Crippen molar-refractivity contribution in [2.24, 2.45) is 10.4 Å². The van der Waals surface area contributed by atoms with E-state index in [-0.39, 0.29) is 28.4 Å². The van der Waals surface area contributed by atoms with Gasteiger partial charge in [-0.2, -0.15) is 5.10 Å². The normalized spacial score (nSPS) is 24.2. The van der Waals surface area contributed by atoms with Gasteiger partial charge in [0.05, 0.1) is 41.4 Å². The van der Waals surface area contributed by atoms with Crippen molar-refractivity contribution < 1.29 is 19.0 Å². The lowest BCUT2D eigenvalue weighted by molar-refractivity contribution is 0.0543. The van der Waals surface area contributed by atoms with Gasteiger partial charge in [0.15, 0.2) is 5.82 Å². The maximum Gasteiger partial charge on any atom is 0.159 e. The highest BCUT2D eigenvalue weighted by molar-refractivity contribution is 6.02. The van der Waals surface area contributed by atoms with Crippen molar-refractivity contribution in [3.8, 4) is 11.3 Å². The van der Waals surface area contributed by atoms with Crippen molar-refractivity contribution in [1.29, 1.82) is 0 Å². The molecule has 0 unspecified atom stereocenters. The van der Waals surface area contributed by atoms with Crippen LogP contribution in [-0.4, -0.2) is 54.1 Å². The molecular formula is C27H26F2N6O2. The Bertz CT molecular complexity index is 1420. The number of hydrogen-bond donors (Lipinski definition) is 2. The molecule has 2 bridgehead atoms. The van der Waals surface area contributed by atoms with E-state index in [1.807, 2.05) is 6.20 Å². The van der Waals surface area contributed by atoms with Crippen molar-refractivity contribution in [3.63, 3.8) is 0 Å². The summed E-state index contributed by atoms with van der Waals surface area (Å²) < 4.78 is 29.0. The molecule has 3 aromatic rings. The third kappa shape index (κ3) is 3.35. The number of aliphatic imine (C=N–C) groups is 1. The first-order chi connectivity index (χ1) is 17.8. The van der Waals surface area contributed by atoms with Crippen LogP contribution >= 0.6 is 0 Å². The fourth-order valence-electron chi connectivity index (χ4n) is 6.43. The molecule has 6 rings (SSSR count). The zero-order chi connectivity index (χ0) is 25.9. The summed E-state index contributed by atoms with van der Waals surface area (Å²) in [6.07, 6.45) is 7.52. The molecule has 2 aromatic heterocycles. The molecule has 1 aromatic carbocycles. The zero-order valence-electron chi connectivity index (χ0n) is 20.4. The van der Waals surface area contributed by atoms with Gasteiger partial charge < -0.3 is 15.1 Å². The molecule has 3 heterocycles. The Hall–Kier alpha value is -3.63. The Morgan fingerprint density at radius 2 is 1.86 bits per heavy atom. The highest BCUT2D eigenvalue weighted by Gasteiger charge is 2.66. The van der Waals surface area contributed by atoms with E-state index in [0.29, 0.717) is 12.1 Å². The quantitative estimate of drug-likeness (QED) is 0.546. The van der Waals surface area contributed by atoms with Crippen LogP contribution in [0.15, 0.2) is 54.1 Å². The molecule has 0 amide bonds. The Morgan fingerprint density at radius 1 is 1.14 bits per heavy atom. The van der Waals surface area contributed by atoms with E-state index in [9.17, 15) is 13.9 Å². The summed E-state index contributed by atoms with van der Waals surface area (Å²) in [6.45, 7) is 4.44. The molecular weight excluding hydrogens is 478 g/mol. The van der Waals surface area contributed by atoms with Gasteiger partial charge in [-0.05, 0) is 42.5 Å². The number of fused-ring (bicyclic) bond motifs is 5. The molecule has 3 aliphatic rings. The van der Waals surface area contributed by atoms with E-state index >= 15 is 0 Å². The van der Waals surface area contributed by atoms with E-state index in [4.69, 9.17) is 5.11 Å². The van der Waals surface area contributed by atoms with Crippen molar-refractivity contribution in [1.82, 2.24) is 25.1 Å². The third-order valence-corrected chi connectivity index (χ3v) is 8.30. The monoisotopic (exact) mass is 504 g/mol. The average molecular weight is 505 g/mol. The van der Waals surface area contributed by atoms with Gasteiger partial charge in [-0.3, -0.25) is 4.99 Å². The molecule has 10 heteroatoms. The first kappa shape index (κ1) is 23.7. The van der Waals surface area contributed by atoms with Crippen LogP contribution in [0.5, 0.6) is 0 Å². The van der Waals surface area contributed by atoms with E-state index in [0.717, 1.165) is 29.8 Å². The van der Waals surface area contributed by atoms with Gasteiger partial charge in [-0.1, -0.05) is 19.9 Å². The van der Waals surface area contributed by atoms with Crippen LogP contribution in [0.1, 0.15) is 61.4 Å². The van der Waals surface area contributed by atoms with E-state index in [1.54, 1.807) is 24.7 Å². The van der Waals surface area contributed by atoms with Crippen LogP contribution in [-0.2, 0) is 5.54 Å². The summed E-state index contributed by atoms with van der Waals surface area (Å²) in [5.41, 5.74) is 2.62. The van der Waals surface area contributed by atoms with Gasteiger partial charge in [0.2, 0.25) is 0 Å². The van der Waals surface area contributed by atoms with E-state index in [2.05, 4.69) is 43.9 Å². The summed E-state index contributed by atoms with van der Waals surface area (Å²) in [6, 6.07) is 5.60. The number of aliphatic hydroxyl groups is 2. The Kier molecular flexibility index (Phi) is 5.43. The molecule has 1 aliphatic heterocycles. The van der Waals surface area contributed by atoms with Crippen LogP contribution in [0.25, 0.3) is 11.3 Å². The largest absolute Gasteiger partial charge is 0.393 e. The van der Waals surface area contributed by atoms with Crippen LogP contribution in [0, 0.1) is 17.0 Å². The number of aliphatic hydroxyl groups excluding tert-OH is 2. The Balaban J connectivity index is 1.37. The SMILES string of the molecule is CC1(C)[C@H]2CC[C@@]1(N1C=CN=C(c3cnc([C@@H](O)CO)nc3)C1)c1nnc(-c3c(F)cccc3F)cc12. The van der Waals surface area contributed by atoms with Crippen molar-refractivity contribution in [2.75, 3.05) is 13.2 Å². The lowest BCUT2D eigenvalue weighted by Crippen LogP contribution is -2.51. The maximum atomic E-state index is 14.5. The summed E-state index contributed by atoms with van der Waals surface area (Å²) in [5, 5.41) is 27.8. The molecule has 0 saturated heterocycles. The number of aromatic nitrogens is 4. The second-order valence-electron chi connectivity index (χ2n) is 10.3. The standard InChI is InChI=1S/C27H26F2N6O2/c1-26(2)17-6-7-27(26,24-16(17)10-20(33-34-24)23-18(28)4-3-5-19(23)29)35-9-8-30-21(13-35)15-11-31-25(32-12-15)22(37)14-36/h3-5,8-12,17,22,36-37H,6-7,13-14H2,1-2H3/t17-,22-,27+/m0/s1. The number of nitrogens with zero attached hydrogens (tertiary/aromatic N) is 6. The van der Waals surface area contributed by atoms with Crippen LogP contribution in [0.4, 0.5) is 8.78 Å². The minimum absolute atomic E-state index is 0.149. The highest BCUT2D eigenvalue weighted by atomic mass is 19.1. The second kappa shape index (κ2) is 8.46. The molecule has 190 valence electrons. The lowest BCUT2D eigenvalue weighted by Gasteiger charge is -2.47. The Morgan fingerprint density at radius 3 is 2.57 bits per heavy atom. The minimum Gasteiger partial charge on any atom is -0.393 e. The van der Waals surface area contributed by atoms with Crippen molar-refractivity contribution in [2.45, 2.75) is 44.2 Å². The zero-order valence-corrected chi connectivity index (χ0v) is 20.4. The molecule has 0 radical (unpaired) electrons. The van der Waals surface area contributed by atoms with Gasteiger partial charge in [-0.25, -0.2) is 18.7 Å². The molecule has 1 saturated carbocycles. The topological polar surface area (TPSA) is 108 Å². The molecule has 2 aliphatic carbocycles. The van der Waals surface area contributed by atoms with Gasteiger partial charge in [0, 0.05) is 35.8 Å². The smallest absolute Gasteiger partial charge is 0.159 e. The van der Waals surface area contributed by atoms with E-state index < -0.39 is 29.9 Å². The summed E-state index contributed by atoms with van der Waals surface area (Å²) >= 11 is 0. The number of benzene rings is 1. The number of hydrogen-bond acceptors (Lipinski definition) is 8. The van der Waals surface area contributed by atoms with Crippen molar-refractivity contribution >= 4 is 5.71 Å². The van der Waals surface area contributed by atoms with Gasteiger partial charge in [0.1, 0.15) is 17.7 Å². The average Bonchev–Trinajstić information content (AvgIpc) is 3.29. The van der Waals surface area contributed by atoms with Gasteiger partial charge in [0.25, 0.3) is 0 Å². The fourth-order valence-corrected chi connectivity index (χ4v) is 6.43. The van der Waals surface area contributed by atoms with Crippen LogP contribution in [0.2, 0.25) is 0 Å². The first-order valence-electron chi connectivity index (χ1n) is 12.2. The Labute approximate surface area is 212 Å². The minimum atomic E-state index is -1.13. The lowest BCUT2D eigenvalue weighted by atomic mass is 9.73. The molecule has 3 atom stereocenters. The fraction of sp³-hybridized carbons (Fsp3) is 0.370. The predicted octanol–water partition coefficient (Wildman–Crippen LogP) is 3.63. The number of rotatable bonds is 5. The first-order valence-corrected chi connectivity index (χ1v) is 12.2.